The van der Waals surface area contributed by atoms with Crippen LogP contribution < -0.4 is 21.1 Å². The van der Waals surface area contributed by atoms with Gasteiger partial charge in [0.1, 0.15) is 5.82 Å². The minimum absolute atomic E-state index is 0.0302. The van der Waals surface area contributed by atoms with E-state index < -0.39 is 10.0 Å². The highest BCUT2D eigenvalue weighted by Crippen LogP contribution is 2.28. The number of sulfonamides is 1. The molecular weight excluding hydrogens is 404 g/mol. The van der Waals surface area contributed by atoms with E-state index in [1.54, 1.807) is 18.3 Å². The average molecular weight is 424 g/mol. The third-order valence-electron chi connectivity index (χ3n) is 4.67. The number of anilines is 5. The molecule has 5 N–H and O–H groups in total. The first-order valence-corrected chi connectivity index (χ1v) is 10.8. The summed E-state index contributed by atoms with van der Waals surface area (Å²) in [6.07, 6.45) is 2.86. The first kappa shape index (κ1) is 19.8. The van der Waals surface area contributed by atoms with Crippen molar-refractivity contribution in [3.8, 4) is 0 Å². The van der Waals surface area contributed by atoms with Gasteiger partial charge >= 0.3 is 0 Å². The summed E-state index contributed by atoms with van der Waals surface area (Å²) >= 11 is 0. The van der Waals surface area contributed by atoms with Crippen LogP contribution in [0, 0.1) is 6.92 Å². The van der Waals surface area contributed by atoms with E-state index in [0.717, 1.165) is 22.5 Å². The Labute approximate surface area is 173 Å². The molecule has 2 aromatic carbocycles. The van der Waals surface area contributed by atoms with Crippen molar-refractivity contribution in [2.24, 2.45) is 5.14 Å². The highest BCUT2D eigenvalue weighted by Gasteiger charge is 2.15. The van der Waals surface area contributed by atoms with Gasteiger partial charge in [-0.15, -0.1) is 0 Å². The van der Waals surface area contributed by atoms with Crippen molar-refractivity contribution in [2.75, 3.05) is 16.0 Å². The van der Waals surface area contributed by atoms with Crippen LogP contribution in [0.2, 0.25) is 0 Å². The van der Waals surface area contributed by atoms with Crippen LogP contribution in [0.4, 0.5) is 28.8 Å². The number of primary sulfonamides is 1. The lowest BCUT2D eigenvalue weighted by Gasteiger charge is -2.18. The van der Waals surface area contributed by atoms with Crippen molar-refractivity contribution in [2.45, 2.75) is 24.7 Å². The molecule has 4 rings (SSSR count). The summed E-state index contributed by atoms with van der Waals surface area (Å²) in [7, 11) is -3.74. The Balaban J connectivity index is 1.53. The Morgan fingerprint density at radius 3 is 2.50 bits per heavy atom. The highest BCUT2D eigenvalue weighted by atomic mass is 32.2. The molecule has 0 aliphatic carbocycles. The molecule has 0 bridgehead atoms. The average Bonchev–Trinajstić information content (AvgIpc) is 2.70. The van der Waals surface area contributed by atoms with E-state index in [-0.39, 0.29) is 10.8 Å². The fourth-order valence-corrected chi connectivity index (χ4v) is 3.60. The Kier molecular flexibility index (Phi) is 5.10. The lowest BCUT2D eigenvalue weighted by molar-refractivity contribution is -0.116. The van der Waals surface area contributed by atoms with Crippen molar-refractivity contribution >= 4 is 44.8 Å². The molecule has 0 saturated heterocycles. The van der Waals surface area contributed by atoms with E-state index in [1.807, 2.05) is 25.1 Å². The molecule has 0 radical (unpaired) electrons. The van der Waals surface area contributed by atoms with Crippen LogP contribution in [0.25, 0.3) is 0 Å². The van der Waals surface area contributed by atoms with E-state index in [9.17, 15) is 13.2 Å². The molecule has 1 aliphatic rings. The highest BCUT2D eigenvalue weighted by molar-refractivity contribution is 7.89. The molecule has 0 unspecified atom stereocenters. The molecule has 2 heterocycles. The maximum atomic E-state index is 11.5. The molecule has 10 heteroatoms. The molecule has 0 fully saturated rings. The predicted octanol–water partition coefficient (Wildman–Crippen LogP) is 2.80. The van der Waals surface area contributed by atoms with Crippen molar-refractivity contribution in [1.82, 2.24) is 9.97 Å². The smallest absolute Gasteiger partial charge is 0.238 e. The molecular formula is C20H20N6O3S. The number of nitrogens with one attached hydrogen (secondary N) is 3. The molecule has 0 spiro atoms. The standard InChI is InChI=1S/C20H20N6O3S/c1-12-11-22-20(24-14-3-6-16(7-4-14)30(21,28)29)26-19(12)23-15-5-8-17-13(10-15)2-9-18(27)25-17/h3-8,10-11H,2,9H2,1H3,(H,25,27)(H2,21,28,29)(H2,22,23,24,26). The number of carbonyl (C=O) groups is 1. The number of aromatic nitrogens is 2. The fourth-order valence-electron chi connectivity index (χ4n) is 3.08. The lowest BCUT2D eigenvalue weighted by Crippen LogP contribution is -2.18. The first-order valence-electron chi connectivity index (χ1n) is 9.21. The number of hydrogen-bond acceptors (Lipinski definition) is 7. The van der Waals surface area contributed by atoms with E-state index in [1.165, 1.54) is 12.1 Å². The quantitative estimate of drug-likeness (QED) is 0.494. The third kappa shape index (κ3) is 4.39. The Morgan fingerprint density at radius 2 is 1.77 bits per heavy atom. The van der Waals surface area contributed by atoms with Gasteiger partial charge in [0.25, 0.3) is 0 Å². The zero-order chi connectivity index (χ0) is 21.3. The molecule has 1 aliphatic heterocycles. The Hall–Kier alpha value is -3.50. The Bertz CT molecular complexity index is 1230. The van der Waals surface area contributed by atoms with Crippen molar-refractivity contribution in [1.29, 1.82) is 0 Å². The SMILES string of the molecule is Cc1cnc(Nc2ccc(S(N)(=O)=O)cc2)nc1Nc1ccc2c(c1)CCC(=O)N2. The number of carbonyl (C=O) groups excluding carboxylic acids is 1. The van der Waals surface area contributed by atoms with E-state index >= 15 is 0 Å². The summed E-state index contributed by atoms with van der Waals surface area (Å²) in [6.45, 7) is 1.89. The monoisotopic (exact) mass is 424 g/mol. The van der Waals surface area contributed by atoms with Gasteiger partial charge in [-0.2, -0.15) is 4.98 Å². The van der Waals surface area contributed by atoms with Crippen LogP contribution in [0.3, 0.4) is 0 Å². The van der Waals surface area contributed by atoms with Gasteiger partial charge in [0.2, 0.25) is 21.9 Å². The van der Waals surface area contributed by atoms with Crippen LogP contribution >= 0.6 is 0 Å². The van der Waals surface area contributed by atoms with Crippen LogP contribution in [0.15, 0.2) is 53.6 Å². The molecule has 1 aromatic heterocycles. The van der Waals surface area contributed by atoms with Gasteiger partial charge in [-0.05, 0) is 61.4 Å². The lowest BCUT2D eigenvalue weighted by atomic mass is 10.0. The van der Waals surface area contributed by atoms with Crippen molar-refractivity contribution < 1.29 is 13.2 Å². The first-order chi connectivity index (χ1) is 14.3. The van der Waals surface area contributed by atoms with Crippen molar-refractivity contribution in [3.05, 3.63) is 59.8 Å². The summed E-state index contributed by atoms with van der Waals surface area (Å²) in [4.78, 5) is 20.3. The second-order valence-corrected chi connectivity index (χ2v) is 8.53. The zero-order valence-electron chi connectivity index (χ0n) is 16.1. The largest absolute Gasteiger partial charge is 0.340 e. The number of nitrogens with zero attached hydrogens (tertiary/aromatic N) is 2. The molecule has 154 valence electrons. The van der Waals surface area contributed by atoms with Gasteiger partial charge in [0, 0.05) is 35.2 Å². The summed E-state index contributed by atoms with van der Waals surface area (Å²) in [5.74, 6) is 1.02. The van der Waals surface area contributed by atoms with Gasteiger partial charge in [0.15, 0.2) is 0 Å². The van der Waals surface area contributed by atoms with Crippen LogP contribution in [-0.2, 0) is 21.2 Å². The number of nitrogens with two attached hydrogens (primary N) is 1. The van der Waals surface area contributed by atoms with Gasteiger partial charge in [-0.3, -0.25) is 4.79 Å². The van der Waals surface area contributed by atoms with E-state index in [2.05, 4.69) is 25.9 Å². The molecule has 1 amide bonds. The van der Waals surface area contributed by atoms with Crippen LogP contribution in [0.5, 0.6) is 0 Å². The van der Waals surface area contributed by atoms with E-state index in [0.29, 0.717) is 30.3 Å². The number of benzene rings is 2. The summed E-state index contributed by atoms with van der Waals surface area (Å²) in [5.41, 5.74) is 4.24. The van der Waals surface area contributed by atoms with Gasteiger partial charge < -0.3 is 16.0 Å². The maximum Gasteiger partial charge on any atom is 0.238 e. The predicted molar refractivity (Wildman–Crippen MR) is 115 cm³/mol. The minimum Gasteiger partial charge on any atom is -0.340 e. The fraction of sp³-hybridized carbons (Fsp3) is 0.150. The topological polar surface area (TPSA) is 139 Å². The van der Waals surface area contributed by atoms with Gasteiger partial charge in [-0.1, -0.05) is 0 Å². The number of rotatable bonds is 5. The Morgan fingerprint density at radius 1 is 1.03 bits per heavy atom. The summed E-state index contributed by atoms with van der Waals surface area (Å²) < 4.78 is 22.7. The zero-order valence-corrected chi connectivity index (χ0v) is 17.0. The summed E-state index contributed by atoms with van der Waals surface area (Å²) in [5, 5.41) is 14.3. The maximum absolute atomic E-state index is 11.5. The minimum atomic E-state index is -3.74. The van der Waals surface area contributed by atoms with Gasteiger partial charge in [-0.25, -0.2) is 18.5 Å². The number of fused-ring (bicyclic) bond motifs is 1. The molecule has 30 heavy (non-hydrogen) atoms. The second kappa shape index (κ2) is 7.73. The number of amides is 1. The summed E-state index contributed by atoms with van der Waals surface area (Å²) in [6, 6.07) is 11.8. The number of hydrogen-bond donors (Lipinski definition) is 4. The molecule has 9 nitrogen and oxygen atoms in total. The van der Waals surface area contributed by atoms with Crippen LogP contribution in [0.1, 0.15) is 17.5 Å². The van der Waals surface area contributed by atoms with Crippen molar-refractivity contribution in [3.63, 3.8) is 0 Å². The number of aryl methyl sites for hydroxylation is 2. The van der Waals surface area contributed by atoms with E-state index in [4.69, 9.17) is 5.14 Å². The second-order valence-electron chi connectivity index (χ2n) is 6.96. The van der Waals surface area contributed by atoms with Gasteiger partial charge in [0.05, 0.1) is 4.90 Å². The third-order valence-corrected chi connectivity index (χ3v) is 5.60. The molecule has 0 atom stereocenters. The molecule has 3 aromatic rings. The van der Waals surface area contributed by atoms with Crippen LogP contribution in [-0.4, -0.2) is 24.3 Å². The normalized spacial score (nSPS) is 13.3. The molecule has 0 saturated carbocycles.